The molecular formula is C45H65NO17. The zero-order valence-corrected chi connectivity index (χ0v) is 38.4. The van der Waals surface area contributed by atoms with Gasteiger partial charge < -0.3 is 58.9 Å². The predicted octanol–water partition coefficient (Wildman–Crippen LogP) is 2.94. The number of ketones is 1. The number of Topliss-reactive ketones (excluding diaryl/α,β-unsaturated/α-hetero) is 1. The number of aliphatic hydroxyl groups is 4. The van der Waals surface area contributed by atoms with Crippen LogP contribution in [0.1, 0.15) is 99.4 Å². The van der Waals surface area contributed by atoms with Gasteiger partial charge in [-0.25, -0.2) is 14.4 Å². The van der Waals surface area contributed by atoms with Crippen LogP contribution >= 0.6 is 0 Å². The van der Waals surface area contributed by atoms with Crippen LogP contribution < -0.4 is 5.32 Å². The lowest BCUT2D eigenvalue weighted by Gasteiger charge is -2.59. The van der Waals surface area contributed by atoms with Crippen LogP contribution in [0.15, 0.2) is 41.5 Å². The summed E-state index contributed by atoms with van der Waals surface area (Å²) in [7, 11) is 2.40. The number of rotatable bonds is 14. The average Bonchev–Trinajstić information content (AvgIpc) is 3.34. The summed E-state index contributed by atoms with van der Waals surface area (Å²) in [6, 6.07) is 6.36. The van der Waals surface area contributed by atoms with Gasteiger partial charge in [0.15, 0.2) is 24.3 Å². The van der Waals surface area contributed by atoms with Crippen molar-refractivity contribution < 1.29 is 82.4 Å². The Kier molecular flexibility index (Phi) is 15.4. The Hall–Kier alpha value is -4.46. The van der Waals surface area contributed by atoms with Gasteiger partial charge in [-0.05, 0) is 70.2 Å². The second-order valence-corrected chi connectivity index (χ2v) is 19.0. The third kappa shape index (κ3) is 9.81. The van der Waals surface area contributed by atoms with Crippen LogP contribution in [0.5, 0.6) is 0 Å². The normalized spacial score (nSPS) is 31.3. The summed E-state index contributed by atoms with van der Waals surface area (Å²) >= 11 is 0. The summed E-state index contributed by atoms with van der Waals surface area (Å²) < 4.78 is 40.0. The minimum absolute atomic E-state index is 0.0143. The van der Waals surface area contributed by atoms with Gasteiger partial charge in [-0.3, -0.25) is 14.4 Å². The molecule has 2 fully saturated rings. The molecule has 5 N–H and O–H groups in total. The first-order valence-electron chi connectivity index (χ1n) is 20.9. The number of esters is 4. The third-order valence-corrected chi connectivity index (χ3v) is 12.8. The van der Waals surface area contributed by atoms with E-state index in [1.54, 1.807) is 52.8 Å². The number of carbonyl (C=O) groups is 6. The summed E-state index contributed by atoms with van der Waals surface area (Å²) in [6.45, 7) is 15.3. The fourth-order valence-corrected chi connectivity index (χ4v) is 9.84. The van der Waals surface area contributed by atoms with E-state index in [1.165, 1.54) is 54.0 Å². The van der Waals surface area contributed by atoms with E-state index in [4.69, 9.17) is 33.2 Å². The number of methoxy groups -OCH3 is 2. The lowest BCUT2D eigenvalue weighted by molar-refractivity contribution is -0.246. The Morgan fingerprint density at radius 1 is 0.921 bits per heavy atom. The van der Waals surface area contributed by atoms with Crippen molar-refractivity contribution in [2.75, 3.05) is 20.8 Å². The maximum absolute atomic E-state index is 15.6. The fraction of sp³-hybridized carbons (Fsp3) is 0.689. The monoisotopic (exact) mass is 891 g/mol. The Bertz CT molecular complexity index is 1920. The Morgan fingerprint density at radius 2 is 1.51 bits per heavy atom. The smallest absolute Gasteiger partial charge is 0.407 e. The molecule has 3 aliphatic rings. The lowest BCUT2D eigenvalue weighted by Crippen LogP contribution is -2.71. The SMILES string of the molecule is COC(OC)[C@H]1[C@H](O)[C@@]2(C)C(=O)[C@H](OC(C)=O)C3=C(C)[C@@H](OC(=O)[C@H](O)[C@@H](CC(C)C)NC(=O)OC(C)(C)C)C[C@@](O)([C@@H](OC(=O)c4ccccc4)[C@@H]2[C@@]1(O)COC(C)=O)C3(C)C. The van der Waals surface area contributed by atoms with E-state index in [1.807, 2.05) is 0 Å². The number of hydrogen-bond acceptors (Lipinski definition) is 17. The van der Waals surface area contributed by atoms with Gasteiger partial charge in [-0.2, -0.15) is 0 Å². The molecule has 0 heterocycles. The molecule has 2 saturated carbocycles. The van der Waals surface area contributed by atoms with Crippen molar-refractivity contribution in [2.45, 2.75) is 149 Å². The van der Waals surface area contributed by atoms with E-state index in [-0.39, 0.29) is 29.0 Å². The summed E-state index contributed by atoms with van der Waals surface area (Å²) in [5.74, 6) is -8.95. The molecule has 0 radical (unpaired) electrons. The van der Waals surface area contributed by atoms with E-state index >= 15 is 4.79 Å². The van der Waals surface area contributed by atoms with Crippen molar-refractivity contribution in [2.24, 2.45) is 28.6 Å². The number of amides is 1. The minimum Gasteiger partial charge on any atom is -0.463 e. The van der Waals surface area contributed by atoms with Crippen LogP contribution in [0, 0.1) is 28.6 Å². The van der Waals surface area contributed by atoms with Crippen molar-refractivity contribution in [3.05, 3.63) is 47.0 Å². The number of carbonyl (C=O) groups excluding carboxylic acids is 6. The van der Waals surface area contributed by atoms with Crippen LogP contribution in [0.4, 0.5) is 4.79 Å². The van der Waals surface area contributed by atoms with E-state index in [0.29, 0.717) is 0 Å². The first kappa shape index (κ1) is 51.2. The molecule has 18 nitrogen and oxygen atoms in total. The molecule has 352 valence electrons. The van der Waals surface area contributed by atoms with E-state index in [0.717, 1.165) is 13.8 Å². The maximum Gasteiger partial charge on any atom is 0.407 e. The molecule has 0 unspecified atom stereocenters. The lowest BCUT2D eigenvalue weighted by atomic mass is 9.50. The molecular weight excluding hydrogens is 826 g/mol. The quantitative estimate of drug-likeness (QED) is 0.0778. The van der Waals surface area contributed by atoms with E-state index < -0.39 is 131 Å². The Labute approximate surface area is 367 Å². The summed E-state index contributed by atoms with van der Waals surface area (Å²) in [4.78, 5) is 82.4. The fourth-order valence-electron chi connectivity index (χ4n) is 9.84. The van der Waals surface area contributed by atoms with Gasteiger partial charge >= 0.3 is 30.0 Å². The first-order valence-corrected chi connectivity index (χ1v) is 20.9. The van der Waals surface area contributed by atoms with Crippen molar-refractivity contribution in [1.29, 1.82) is 0 Å². The van der Waals surface area contributed by atoms with Crippen LogP contribution in [0.25, 0.3) is 0 Å². The highest BCUT2D eigenvalue weighted by Gasteiger charge is 2.79. The van der Waals surface area contributed by atoms with Gasteiger partial charge in [0.05, 0.1) is 29.0 Å². The molecule has 63 heavy (non-hydrogen) atoms. The van der Waals surface area contributed by atoms with Gasteiger partial charge in [0.25, 0.3) is 0 Å². The average molecular weight is 892 g/mol. The van der Waals surface area contributed by atoms with Crippen molar-refractivity contribution in [1.82, 2.24) is 5.32 Å². The number of ether oxygens (including phenoxy) is 7. The number of hydrogen-bond donors (Lipinski definition) is 5. The van der Waals surface area contributed by atoms with Gasteiger partial charge in [0.1, 0.15) is 35.6 Å². The van der Waals surface area contributed by atoms with Gasteiger partial charge in [-0.15, -0.1) is 0 Å². The van der Waals surface area contributed by atoms with Crippen LogP contribution in [-0.4, -0.2) is 137 Å². The van der Waals surface area contributed by atoms with Crippen LogP contribution in [0.3, 0.4) is 0 Å². The molecule has 0 aliphatic heterocycles. The molecule has 3 aliphatic carbocycles. The molecule has 1 amide bonds. The second-order valence-electron chi connectivity index (χ2n) is 19.0. The number of aliphatic hydroxyl groups excluding tert-OH is 2. The van der Waals surface area contributed by atoms with Gasteiger partial charge in [0, 0.05) is 45.8 Å². The molecule has 1 aromatic carbocycles. The Balaban J connectivity index is 2.05. The highest BCUT2D eigenvalue weighted by Crippen LogP contribution is 2.65. The number of fused-ring (bicyclic) bond motifs is 3. The van der Waals surface area contributed by atoms with Crippen LogP contribution in [-0.2, 0) is 52.3 Å². The second kappa shape index (κ2) is 18.9. The summed E-state index contributed by atoms with van der Waals surface area (Å²) in [5.41, 5.74) is -10.2. The zero-order chi connectivity index (χ0) is 47.8. The first-order chi connectivity index (χ1) is 29.0. The predicted molar refractivity (Wildman–Crippen MR) is 221 cm³/mol. The summed E-state index contributed by atoms with van der Waals surface area (Å²) in [6.07, 6.45) is -12.6. The van der Waals surface area contributed by atoms with Crippen molar-refractivity contribution in [3.63, 3.8) is 0 Å². The number of alkyl carbamates (subject to hydrolysis) is 1. The zero-order valence-electron chi connectivity index (χ0n) is 38.4. The molecule has 4 rings (SSSR count). The molecule has 0 saturated heterocycles. The standard InChI is InChI=1S/C45H65NO17/c1-22(2)19-27(46-40(54)63-41(6,7)8)31(49)38(53)61-28-20-45(56)36(62-37(52)26-17-15-14-16-18-26)33-43(11,35(51)32(60-25(5)48)29(23(28)3)42(45,9)10)34(50)30(39(57-12)58-13)44(33,55)21-59-24(4)47/h14-18,22,27-28,30-34,36,39,49-50,55-56H,19-21H2,1-13H3,(H,46,54)/t27-,28+,30-,31-,32-,33+,34+,36+,43+,44-,45-/m1/s1. The number of nitrogens with one attached hydrogen (secondary N) is 1. The minimum atomic E-state index is -2.64. The molecule has 2 bridgehead atoms. The molecule has 1 aromatic rings. The Morgan fingerprint density at radius 3 is 2.02 bits per heavy atom. The third-order valence-electron chi connectivity index (χ3n) is 12.8. The van der Waals surface area contributed by atoms with Gasteiger partial charge in [0.2, 0.25) is 0 Å². The summed E-state index contributed by atoms with van der Waals surface area (Å²) in [5, 5.41) is 53.4. The van der Waals surface area contributed by atoms with Crippen molar-refractivity contribution in [3.8, 4) is 0 Å². The largest absolute Gasteiger partial charge is 0.463 e. The molecule has 18 heteroatoms. The molecule has 11 atom stereocenters. The highest BCUT2D eigenvalue weighted by atomic mass is 16.7. The topological polar surface area (TPSA) is 260 Å². The van der Waals surface area contributed by atoms with Gasteiger partial charge in [-0.1, -0.05) is 45.9 Å². The molecule has 0 aromatic heterocycles. The molecule has 0 spiro atoms. The van der Waals surface area contributed by atoms with E-state index in [9.17, 15) is 44.4 Å². The van der Waals surface area contributed by atoms with E-state index in [2.05, 4.69) is 5.32 Å². The highest BCUT2D eigenvalue weighted by molar-refractivity contribution is 5.96. The maximum atomic E-state index is 15.6. The van der Waals surface area contributed by atoms with Crippen LogP contribution in [0.2, 0.25) is 0 Å². The van der Waals surface area contributed by atoms with Crippen molar-refractivity contribution >= 4 is 35.8 Å². The number of benzene rings is 1.